The van der Waals surface area contributed by atoms with Crippen molar-refractivity contribution in [2.75, 3.05) is 13.2 Å². The predicted molar refractivity (Wildman–Crippen MR) is 128 cm³/mol. The van der Waals surface area contributed by atoms with Crippen LogP contribution < -0.4 is 9.47 Å². The third-order valence-corrected chi connectivity index (χ3v) is 5.19. The molecular weight excluding hydrogens is 402 g/mol. The smallest absolute Gasteiger partial charge is 0.363 e. The van der Waals surface area contributed by atoms with Gasteiger partial charge in [-0.05, 0) is 60.9 Å². The SMILES string of the molecule is CCCCCCCOc1ccc(/C=C2\N=C(c3ccc(OCCCC)cc3)OC2=O)cc1. The second kappa shape index (κ2) is 12.7. The zero-order valence-corrected chi connectivity index (χ0v) is 19.1. The number of ether oxygens (including phenoxy) is 3. The van der Waals surface area contributed by atoms with Gasteiger partial charge in [-0.3, -0.25) is 0 Å². The number of aliphatic imine (C=N–C) groups is 1. The topological polar surface area (TPSA) is 57.1 Å². The van der Waals surface area contributed by atoms with Crippen molar-refractivity contribution >= 4 is 17.9 Å². The number of cyclic esters (lactones) is 1. The van der Waals surface area contributed by atoms with Gasteiger partial charge in [0, 0.05) is 5.56 Å². The molecule has 0 radical (unpaired) electrons. The van der Waals surface area contributed by atoms with Crippen LogP contribution in [0.1, 0.15) is 69.9 Å². The van der Waals surface area contributed by atoms with Crippen LogP contribution in [0.4, 0.5) is 0 Å². The van der Waals surface area contributed by atoms with Crippen LogP contribution in [0.5, 0.6) is 11.5 Å². The van der Waals surface area contributed by atoms with E-state index in [2.05, 4.69) is 18.8 Å². The number of hydrogen-bond donors (Lipinski definition) is 0. The lowest BCUT2D eigenvalue weighted by Crippen LogP contribution is -2.05. The molecule has 1 aliphatic heterocycles. The molecule has 0 aromatic heterocycles. The van der Waals surface area contributed by atoms with Crippen molar-refractivity contribution in [3.8, 4) is 11.5 Å². The van der Waals surface area contributed by atoms with Crippen LogP contribution >= 0.6 is 0 Å². The Morgan fingerprint density at radius 3 is 2.03 bits per heavy atom. The summed E-state index contributed by atoms with van der Waals surface area (Å²) < 4.78 is 16.8. The molecule has 0 saturated heterocycles. The second-order valence-electron chi connectivity index (χ2n) is 7.89. The molecule has 170 valence electrons. The van der Waals surface area contributed by atoms with Crippen LogP contribution in [-0.4, -0.2) is 25.1 Å². The maximum Gasteiger partial charge on any atom is 0.363 e. The summed E-state index contributed by atoms with van der Waals surface area (Å²) in [5.74, 6) is 1.49. The Morgan fingerprint density at radius 1 is 0.781 bits per heavy atom. The van der Waals surface area contributed by atoms with E-state index in [0.29, 0.717) is 12.5 Å². The first-order valence-corrected chi connectivity index (χ1v) is 11.7. The maximum absolute atomic E-state index is 12.3. The first kappa shape index (κ1) is 23.6. The predicted octanol–water partition coefficient (Wildman–Crippen LogP) is 6.56. The highest BCUT2D eigenvalue weighted by Crippen LogP contribution is 2.22. The van der Waals surface area contributed by atoms with Crippen LogP contribution in [0.3, 0.4) is 0 Å². The van der Waals surface area contributed by atoms with Gasteiger partial charge in [-0.1, -0.05) is 58.1 Å². The first-order chi connectivity index (χ1) is 15.7. The molecule has 0 N–H and O–H groups in total. The summed E-state index contributed by atoms with van der Waals surface area (Å²) in [5.41, 5.74) is 1.90. The second-order valence-corrected chi connectivity index (χ2v) is 7.89. The Hall–Kier alpha value is -3.08. The van der Waals surface area contributed by atoms with Crippen molar-refractivity contribution in [2.45, 2.75) is 58.8 Å². The van der Waals surface area contributed by atoms with Gasteiger partial charge < -0.3 is 14.2 Å². The van der Waals surface area contributed by atoms with Crippen molar-refractivity contribution in [2.24, 2.45) is 4.99 Å². The first-order valence-electron chi connectivity index (χ1n) is 11.7. The Kier molecular flexibility index (Phi) is 9.36. The zero-order valence-electron chi connectivity index (χ0n) is 19.1. The number of unbranched alkanes of at least 4 members (excludes halogenated alkanes) is 5. The molecule has 1 heterocycles. The minimum atomic E-state index is -0.448. The molecule has 5 nitrogen and oxygen atoms in total. The number of hydrogen-bond acceptors (Lipinski definition) is 5. The highest BCUT2D eigenvalue weighted by molar-refractivity contribution is 6.12. The molecule has 0 fully saturated rings. The monoisotopic (exact) mass is 435 g/mol. The van der Waals surface area contributed by atoms with E-state index < -0.39 is 5.97 Å². The Balaban J connectivity index is 1.55. The quantitative estimate of drug-likeness (QED) is 0.203. The highest BCUT2D eigenvalue weighted by Gasteiger charge is 2.24. The number of nitrogens with zero attached hydrogens (tertiary/aromatic N) is 1. The summed E-state index contributed by atoms with van der Waals surface area (Å²) in [6, 6.07) is 15.1. The number of carbonyl (C=O) groups is 1. The van der Waals surface area contributed by atoms with Gasteiger partial charge in [0.25, 0.3) is 0 Å². The molecule has 0 bridgehead atoms. The fraction of sp³-hybridized carbons (Fsp3) is 0.407. The molecule has 0 saturated carbocycles. The van der Waals surface area contributed by atoms with Gasteiger partial charge >= 0.3 is 5.97 Å². The normalized spacial score (nSPS) is 14.4. The highest BCUT2D eigenvalue weighted by atomic mass is 16.6. The number of carbonyl (C=O) groups excluding carboxylic acids is 1. The average Bonchev–Trinajstić information content (AvgIpc) is 3.18. The van der Waals surface area contributed by atoms with E-state index >= 15 is 0 Å². The molecule has 0 aliphatic carbocycles. The summed E-state index contributed by atoms with van der Waals surface area (Å²) >= 11 is 0. The molecule has 2 aromatic carbocycles. The third kappa shape index (κ3) is 7.26. The third-order valence-electron chi connectivity index (χ3n) is 5.19. The lowest BCUT2D eigenvalue weighted by atomic mass is 10.1. The van der Waals surface area contributed by atoms with Crippen LogP contribution in [0, 0.1) is 0 Å². The summed E-state index contributed by atoms with van der Waals surface area (Å²) in [6.45, 7) is 5.77. The van der Waals surface area contributed by atoms with E-state index in [1.807, 2.05) is 48.5 Å². The van der Waals surface area contributed by atoms with Gasteiger partial charge in [-0.15, -0.1) is 0 Å². The lowest BCUT2D eigenvalue weighted by molar-refractivity contribution is -0.129. The Morgan fingerprint density at radius 2 is 1.38 bits per heavy atom. The van der Waals surface area contributed by atoms with E-state index in [9.17, 15) is 4.79 Å². The molecule has 32 heavy (non-hydrogen) atoms. The zero-order chi connectivity index (χ0) is 22.6. The Labute approximate surface area is 191 Å². The van der Waals surface area contributed by atoms with E-state index in [1.54, 1.807) is 6.08 Å². The summed E-state index contributed by atoms with van der Waals surface area (Å²) in [7, 11) is 0. The standard InChI is InChI=1S/C27H33NO4/c1-3-5-7-8-9-19-31-23-14-10-21(11-15-23)20-25-27(29)32-26(28-25)22-12-16-24(17-13-22)30-18-6-4-2/h10-17,20H,3-9,18-19H2,1-2H3/b25-20-. The fourth-order valence-corrected chi connectivity index (χ4v) is 3.27. The van der Waals surface area contributed by atoms with Crippen molar-refractivity contribution in [3.63, 3.8) is 0 Å². The maximum atomic E-state index is 12.3. The van der Waals surface area contributed by atoms with E-state index in [-0.39, 0.29) is 5.70 Å². The van der Waals surface area contributed by atoms with Gasteiger partial charge in [-0.2, -0.15) is 0 Å². The van der Waals surface area contributed by atoms with Gasteiger partial charge in [0.1, 0.15) is 11.5 Å². The minimum Gasteiger partial charge on any atom is -0.494 e. The molecule has 5 heteroatoms. The largest absolute Gasteiger partial charge is 0.494 e. The van der Waals surface area contributed by atoms with Crippen molar-refractivity contribution in [1.29, 1.82) is 0 Å². The molecule has 2 aromatic rings. The van der Waals surface area contributed by atoms with Gasteiger partial charge in [0.05, 0.1) is 13.2 Å². The molecule has 0 unspecified atom stereocenters. The minimum absolute atomic E-state index is 0.285. The van der Waals surface area contributed by atoms with E-state index in [1.165, 1.54) is 25.7 Å². The van der Waals surface area contributed by atoms with Crippen LogP contribution in [-0.2, 0) is 9.53 Å². The van der Waals surface area contributed by atoms with Crippen LogP contribution in [0.25, 0.3) is 6.08 Å². The summed E-state index contributed by atoms with van der Waals surface area (Å²) in [5, 5.41) is 0. The molecule has 0 spiro atoms. The summed E-state index contributed by atoms with van der Waals surface area (Å²) in [6.07, 6.45) is 9.91. The average molecular weight is 436 g/mol. The number of benzene rings is 2. The van der Waals surface area contributed by atoms with E-state index in [4.69, 9.17) is 14.2 Å². The Bertz CT molecular complexity index is 914. The van der Waals surface area contributed by atoms with Crippen molar-refractivity contribution < 1.29 is 19.0 Å². The molecule has 0 amide bonds. The molecule has 0 atom stereocenters. The van der Waals surface area contributed by atoms with Crippen LogP contribution in [0.2, 0.25) is 0 Å². The number of rotatable bonds is 13. The summed E-state index contributed by atoms with van der Waals surface area (Å²) in [4.78, 5) is 16.6. The van der Waals surface area contributed by atoms with Gasteiger partial charge in [-0.25, -0.2) is 9.79 Å². The molecular formula is C27H33NO4. The number of esters is 1. The van der Waals surface area contributed by atoms with Gasteiger partial charge in [0.2, 0.25) is 5.90 Å². The fourth-order valence-electron chi connectivity index (χ4n) is 3.27. The van der Waals surface area contributed by atoms with Crippen molar-refractivity contribution in [1.82, 2.24) is 0 Å². The lowest BCUT2D eigenvalue weighted by Gasteiger charge is -2.06. The van der Waals surface area contributed by atoms with Crippen LogP contribution in [0.15, 0.2) is 59.2 Å². The molecule has 3 rings (SSSR count). The van der Waals surface area contributed by atoms with Gasteiger partial charge in [0.15, 0.2) is 5.70 Å². The van der Waals surface area contributed by atoms with E-state index in [0.717, 1.165) is 48.5 Å². The molecule has 1 aliphatic rings. The van der Waals surface area contributed by atoms with Crippen molar-refractivity contribution in [3.05, 3.63) is 65.4 Å².